The summed E-state index contributed by atoms with van der Waals surface area (Å²) in [4.78, 5) is 28.4. The smallest absolute Gasteiger partial charge is 0.326 e. The van der Waals surface area contributed by atoms with E-state index in [4.69, 9.17) is 9.84 Å². The Bertz CT molecular complexity index is 1020. The van der Waals surface area contributed by atoms with E-state index in [0.29, 0.717) is 17.6 Å². The minimum Gasteiger partial charge on any atom is -0.466 e. The summed E-state index contributed by atoms with van der Waals surface area (Å²) in [6.45, 7) is 8.28. The van der Waals surface area contributed by atoms with E-state index in [2.05, 4.69) is 36.4 Å². The summed E-state index contributed by atoms with van der Waals surface area (Å²) in [5.41, 5.74) is 2.15. The van der Waals surface area contributed by atoms with Gasteiger partial charge in [0.2, 0.25) is 0 Å². The van der Waals surface area contributed by atoms with Crippen LogP contribution in [0.15, 0.2) is 41.9 Å². The lowest BCUT2D eigenvalue weighted by Gasteiger charge is -2.14. The van der Waals surface area contributed by atoms with Crippen molar-refractivity contribution in [3.05, 3.63) is 53.2 Å². The normalized spacial score (nSPS) is 11.2. The predicted molar refractivity (Wildman–Crippen MR) is 117 cm³/mol. The van der Waals surface area contributed by atoms with Crippen LogP contribution in [0, 0.1) is 0 Å². The van der Waals surface area contributed by atoms with Crippen molar-refractivity contribution >= 4 is 34.3 Å². The molecule has 2 amide bonds. The third-order valence-corrected chi connectivity index (χ3v) is 4.87. The highest BCUT2D eigenvalue weighted by molar-refractivity contribution is 7.13. The van der Waals surface area contributed by atoms with E-state index >= 15 is 0 Å². The highest BCUT2D eigenvalue weighted by Crippen LogP contribution is 2.27. The number of amides is 2. The fourth-order valence-electron chi connectivity index (χ4n) is 2.74. The number of thiazole rings is 1. The molecule has 2 heterocycles. The minimum atomic E-state index is -0.408. The van der Waals surface area contributed by atoms with Crippen molar-refractivity contribution in [2.75, 3.05) is 17.2 Å². The number of ether oxygens (including phenoxy) is 1. The Morgan fingerprint density at radius 3 is 2.67 bits per heavy atom. The summed E-state index contributed by atoms with van der Waals surface area (Å²) in [5.74, 6) is 0.230. The van der Waals surface area contributed by atoms with E-state index in [1.165, 1.54) is 11.3 Å². The lowest BCUT2D eigenvalue weighted by molar-refractivity contribution is -0.142. The molecule has 0 spiro atoms. The number of carbonyl (C=O) groups is 2. The van der Waals surface area contributed by atoms with Gasteiger partial charge in [0.1, 0.15) is 5.82 Å². The Morgan fingerprint density at radius 2 is 2.00 bits per heavy atom. The lowest BCUT2D eigenvalue weighted by Crippen LogP contribution is -2.21. The number of hydrogen-bond donors (Lipinski definition) is 2. The third-order valence-electron chi connectivity index (χ3n) is 4.18. The Kier molecular flexibility index (Phi) is 6.51. The third kappa shape index (κ3) is 5.44. The molecule has 0 aliphatic carbocycles. The van der Waals surface area contributed by atoms with E-state index < -0.39 is 6.03 Å². The molecule has 158 valence electrons. The van der Waals surface area contributed by atoms with Gasteiger partial charge in [-0.05, 0) is 24.6 Å². The molecule has 0 fully saturated rings. The SMILES string of the molecule is CCOC(=O)Cc1cccc(-n2nc(C(C)(C)C)cc2NC(=O)Nc2nccs2)c1. The van der Waals surface area contributed by atoms with Crippen molar-refractivity contribution in [2.24, 2.45) is 0 Å². The van der Waals surface area contributed by atoms with Gasteiger partial charge in [-0.2, -0.15) is 5.10 Å². The van der Waals surface area contributed by atoms with Crippen molar-refractivity contribution in [3.8, 4) is 5.69 Å². The zero-order valence-corrected chi connectivity index (χ0v) is 18.2. The first kappa shape index (κ1) is 21.5. The number of hydrogen-bond acceptors (Lipinski definition) is 6. The second-order valence-electron chi connectivity index (χ2n) is 7.64. The monoisotopic (exact) mass is 427 g/mol. The first-order valence-electron chi connectivity index (χ1n) is 9.59. The van der Waals surface area contributed by atoms with E-state index in [-0.39, 0.29) is 17.8 Å². The molecule has 0 unspecified atom stereocenters. The van der Waals surface area contributed by atoms with Gasteiger partial charge >= 0.3 is 12.0 Å². The first-order chi connectivity index (χ1) is 14.3. The topological polar surface area (TPSA) is 98.1 Å². The van der Waals surface area contributed by atoms with Gasteiger partial charge in [-0.1, -0.05) is 32.9 Å². The van der Waals surface area contributed by atoms with Gasteiger partial charge in [0, 0.05) is 23.1 Å². The standard InChI is InChI=1S/C21H25N5O3S/c1-5-29-18(27)12-14-7-6-8-15(11-14)26-17(13-16(25-26)21(2,3)4)23-19(28)24-20-22-9-10-30-20/h6-11,13H,5,12H2,1-4H3,(H2,22,23,24,28). The Balaban J connectivity index is 1.90. The fourth-order valence-corrected chi connectivity index (χ4v) is 3.26. The molecule has 2 N–H and O–H groups in total. The summed E-state index contributed by atoms with van der Waals surface area (Å²) >= 11 is 1.33. The molecule has 0 radical (unpaired) electrons. The van der Waals surface area contributed by atoms with E-state index in [1.807, 2.05) is 30.3 Å². The molecule has 8 nitrogen and oxygen atoms in total. The maximum absolute atomic E-state index is 12.4. The van der Waals surface area contributed by atoms with Crippen molar-refractivity contribution in [1.29, 1.82) is 0 Å². The molecule has 2 aromatic heterocycles. The molecule has 0 aliphatic heterocycles. The maximum atomic E-state index is 12.4. The molecular weight excluding hydrogens is 402 g/mol. The largest absolute Gasteiger partial charge is 0.466 e. The molecule has 9 heteroatoms. The van der Waals surface area contributed by atoms with Gasteiger partial charge in [0.25, 0.3) is 0 Å². The van der Waals surface area contributed by atoms with Gasteiger partial charge in [0.15, 0.2) is 5.13 Å². The molecule has 0 saturated heterocycles. The van der Waals surface area contributed by atoms with Crippen LogP contribution in [0.2, 0.25) is 0 Å². The van der Waals surface area contributed by atoms with Gasteiger partial charge < -0.3 is 4.74 Å². The number of anilines is 2. The van der Waals surface area contributed by atoms with Crippen LogP contribution in [0.5, 0.6) is 0 Å². The van der Waals surface area contributed by atoms with Crippen LogP contribution in [0.25, 0.3) is 5.69 Å². The number of urea groups is 1. The van der Waals surface area contributed by atoms with Crippen LogP contribution in [0.4, 0.5) is 15.7 Å². The van der Waals surface area contributed by atoms with Crippen LogP contribution < -0.4 is 10.6 Å². The molecule has 0 atom stereocenters. The summed E-state index contributed by atoms with van der Waals surface area (Å²) in [6, 6.07) is 8.88. The predicted octanol–water partition coefficient (Wildman–Crippen LogP) is 4.38. The molecule has 3 aromatic rings. The molecular formula is C21H25N5O3S. The van der Waals surface area contributed by atoms with Crippen LogP contribution in [-0.4, -0.2) is 33.4 Å². The van der Waals surface area contributed by atoms with Gasteiger partial charge in [-0.3, -0.25) is 15.4 Å². The Labute approximate surface area is 179 Å². The number of carbonyl (C=O) groups excluding carboxylic acids is 2. The quantitative estimate of drug-likeness (QED) is 0.569. The average Bonchev–Trinajstić information content (AvgIpc) is 3.31. The van der Waals surface area contributed by atoms with E-state index in [0.717, 1.165) is 16.9 Å². The van der Waals surface area contributed by atoms with Crippen molar-refractivity contribution in [2.45, 2.75) is 39.5 Å². The van der Waals surface area contributed by atoms with Crippen LogP contribution in [-0.2, 0) is 21.4 Å². The van der Waals surface area contributed by atoms with Gasteiger partial charge in [-0.15, -0.1) is 11.3 Å². The second-order valence-corrected chi connectivity index (χ2v) is 8.54. The number of aromatic nitrogens is 3. The van der Waals surface area contributed by atoms with Gasteiger partial charge in [-0.25, -0.2) is 14.5 Å². The summed E-state index contributed by atoms with van der Waals surface area (Å²) in [7, 11) is 0. The molecule has 1 aromatic carbocycles. The summed E-state index contributed by atoms with van der Waals surface area (Å²) in [5, 5.41) is 12.5. The highest BCUT2D eigenvalue weighted by Gasteiger charge is 2.22. The number of nitrogens with one attached hydrogen (secondary N) is 2. The van der Waals surface area contributed by atoms with Crippen molar-refractivity contribution < 1.29 is 14.3 Å². The molecule has 0 saturated carbocycles. The number of nitrogens with zero attached hydrogens (tertiary/aromatic N) is 3. The lowest BCUT2D eigenvalue weighted by atomic mass is 9.92. The number of esters is 1. The minimum absolute atomic E-state index is 0.169. The highest BCUT2D eigenvalue weighted by atomic mass is 32.1. The zero-order valence-electron chi connectivity index (χ0n) is 17.4. The molecule has 30 heavy (non-hydrogen) atoms. The number of rotatable bonds is 6. The average molecular weight is 428 g/mol. The van der Waals surface area contributed by atoms with Crippen LogP contribution in [0.1, 0.15) is 39.0 Å². The summed E-state index contributed by atoms with van der Waals surface area (Å²) < 4.78 is 6.70. The maximum Gasteiger partial charge on any atom is 0.326 e. The van der Waals surface area contributed by atoms with Gasteiger partial charge in [0.05, 0.1) is 24.4 Å². The van der Waals surface area contributed by atoms with E-state index in [1.54, 1.807) is 23.2 Å². The van der Waals surface area contributed by atoms with Crippen molar-refractivity contribution in [1.82, 2.24) is 14.8 Å². The van der Waals surface area contributed by atoms with Crippen LogP contribution in [0.3, 0.4) is 0 Å². The molecule has 3 rings (SSSR count). The molecule has 0 aliphatic rings. The van der Waals surface area contributed by atoms with Crippen molar-refractivity contribution in [3.63, 3.8) is 0 Å². The number of benzene rings is 1. The Morgan fingerprint density at radius 1 is 1.20 bits per heavy atom. The second kappa shape index (κ2) is 9.08. The zero-order chi connectivity index (χ0) is 21.7. The van der Waals surface area contributed by atoms with Crippen LogP contribution >= 0.6 is 11.3 Å². The Hall–Kier alpha value is -3.20. The first-order valence-corrected chi connectivity index (χ1v) is 10.5. The summed E-state index contributed by atoms with van der Waals surface area (Å²) in [6.07, 6.45) is 1.79. The fraction of sp³-hybridized carbons (Fsp3) is 0.333. The molecule has 0 bridgehead atoms. The van der Waals surface area contributed by atoms with E-state index in [9.17, 15) is 9.59 Å².